The van der Waals surface area contributed by atoms with Crippen molar-refractivity contribution in [3.8, 4) is 0 Å². The molecule has 1 aromatic carbocycles. The molecule has 2 aromatic rings. The van der Waals surface area contributed by atoms with Crippen LogP contribution in [0.5, 0.6) is 0 Å². The van der Waals surface area contributed by atoms with Crippen LogP contribution in [0.1, 0.15) is 33.1 Å². The number of rotatable bonds is 5. The zero-order chi connectivity index (χ0) is 22.5. The minimum atomic E-state index is -0.904. The van der Waals surface area contributed by atoms with E-state index in [1.165, 1.54) is 12.1 Å². The van der Waals surface area contributed by atoms with E-state index in [1.54, 1.807) is 12.1 Å². The summed E-state index contributed by atoms with van der Waals surface area (Å²) < 4.78 is 5.65. The Morgan fingerprint density at radius 2 is 1.84 bits per heavy atom. The van der Waals surface area contributed by atoms with Crippen molar-refractivity contribution in [2.24, 2.45) is 11.8 Å². The van der Waals surface area contributed by atoms with Gasteiger partial charge in [-0.1, -0.05) is 38.8 Å². The molecule has 0 radical (unpaired) electrons. The van der Waals surface area contributed by atoms with E-state index < -0.39 is 42.2 Å². The molecule has 3 N–H and O–H groups in total. The van der Waals surface area contributed by atoms with Gasteiger partial charge < -0.3 is 10.1 Å². The van der Waals surface area contributed by atoms with Crippen LogP contribution in [0, 0.1) is 11.8 Å². The van der Waals surface area contributed by atoms with Gasteiger partial charge >= 0.3 is 12.0 Å². The molecule has 0 bridgehead atoms. The number of hydrogen-bond donors (Lipinski definition) is 3. The minimum Gasteiger partial charge on any atom is -0.454 e. The van der Waals surface area contributed by atoms with Gasteiger partial charge in [-0.05, 0) is 30.4 Å². The number of nitrogens with one attached hydrogen (secondary N) is 3. The lowest BCUT2D eigenvalue weighted by Gasteiger charge is -2.34. The number of carbonyl (C=O) groups excluding carboxylic acids is 3. The molecule has 31 heavy (non-hydrogen) atoms. The number of ether oxygens (including phenoxy) is 1. The SMILES string of the molecule is C[C@H]1[C@H](C)CCC[C@@H]1NC(=O)NC(=O)COC(=O)Cn1[nH]c(=O)c2ccccc2c1=O. The maximum absolute atomic E-state index is 12.4. The molecule has 10 nitrogen and oxygen atoms in total. The second-order valence-corrected chi connectivity index (χ2v) is 7.93. The molecule has 3 rings (SSSR count). The first-order valence-corrected chi connectivity index (χ1v) is 10.2. The van der Waals surface area contributed by atoms with Gasteiger partial charge in [0.1, 0.15) is 6.54 Å². The molecule has 0 unspecified atom stereocenters. The highest BCUT2D eigenvalue weighted by molar-refractivity contribution is 5.95. The molecule has 0 spiro atoms. The van der Waals surface area contributed by atoms with Crippen LogP contribution in [0.25, 0.3) is 10.8 Å². The van der Waals surface area contributed by atoms with Gasteiger partial charge in [0, 0.05) is 6.04 Å². The molecule has 1 saturated carbocycles. The van der Waals surface area contributed by atoms with Crippen molar-refractivity contribution >= 4 is 28.7 Å². The molecular formula is C21H26N4O6. The Balaban J connectivity index is 1.51. The lowest BCUT2D eigenvalue weighted by molar-refractivity contribution is -0.149. The molecule has 1 aliphatic carbocycles. The van der Waals surface area contributed by atoms with Gasteiger partial charge in [-0.25, -0.2) is 9.48 Å². The first-order chi connectivity index (χ1) is 14.8. The van der Waals surface area contributed by atoms with Crippen LogP contribution in [0.15, 0.2) is 33.9 Å². The summed E-state index contributed by atoms with van der Waals surface area (Å²) in [6.45, 7) is 2.94. The third-order valence-corrected chi connectivity index (χ3v) is 5.81. The fourth-order valence-electron chi connectivity index (χ4n) is 3.83. The third kappa shape index (κ3) is 5.39. The van der Waals surface area contributed by atoms with Gasteiger partial charge in [0.05, 0.1) is 10.8 Å². The Kier molecular flexibility index (Phi) is 6.88. The Hall–Kier alpha value is -3.43. The molecule has 166 valence electrons. The number of aromatic amines is 1. The topological polar surface area (TPSA) is 139 Å². The van der Waals surface area contributed by atoms with Crippen LogP contribution in [0.2, 0.25) is 0 Å². The number of urea groups is 1. The van der Waals surface area contributed by atoms with E-state index in [1.807, 2.05) is 0 Å². The molecule has 3 amide bonds. The number of amides is 3. The van der Waals surface area contributed by atoms with Crippen LogP contribution < -0.4 is 21.8 Å². The van der Waals surface area contributed by atoms with Gasteiger partial charge in [0.2, 0.25) is 0 Å². The van der Waals surface area contributed by atoms with Crippen LogP contribution in [-0.4, -0.2) is 40.3 Å². The normalized spacial score (nSPS) is 20.8. The van der Waals surface area contributed by atoms with Crippen molar-refractivity contribution in [3.05, 3.63) is 45.0 Å². The summed E-state index contributed by atoms with van der Waals surface area (Å²) in [5.41, 5.74) is -1.09. The maximum Gasteiger partial charge on any atom is 0.328 e. The Labute approximate surface area is 177 Å². The molecule has 0 aliphatic heterocycles. The summed E-state index contributed by atoms with van der Waals surface area (Å²) >= 11 is 0. The summed E-state index contributed by atoms with van der Waals surface area (Å²) in [6.07, 6.45) is 2.97. The second kappa shape index (κ2) is 9.59. The average molecular weight is 430 g/mol. The predicted molar refractivity (Wildman–Crippen MR) is 112 cm³/mol. The largest absolute Gasteiger partial charge is 0.454 e. The fraction of sp³-hybridized carbons (Fsp3) is 0.476. The van der Waals surface area contributed by atoms with Crippen molar-refractivity contribution in [1.29, 1.82) is 0 Å². The minimum absolute atomic E-state index is 0.0179. The highest BCUT2D eigenvalue weighted by atomic mass is 16.5. The van der Waals surface area contributed by atoms with Crippen molar-refractivity contribution in [2.45, 2.75) is 45.7 Å². The van der Waals surface area contributed by atoms with Crippen molar-refractivity contribution in [3.63, 3.8) is 0 Å². The maximum atomic E-state index is 12.4. The summed E-state index contributed by atoms with van der Waals surface area (Å²) in [5.74, 6) is -0.907. The van der Waals surface area contributed by atoms with Gasteiger partial charge in [-0.15, -0.1) is 0 Å². The van der Waals surface area contributed by atoms with Crippen LogP contribution in [-0.2, 0) is 20.9 Å². The van der Waals surface area contributed by atoms with E-state index in [0.29, 0.717) is 11.8 Å². The van der Waals surface area contributed by atoms with Crippen LogP contribution in [0.4, 0.5) is 4.79 Å². The van der Waals surface area contributed by atoms with Crippen LogP contribution >= 0.6 is 0 Å². The highest BCUT2D eigenvalue weighted by Crippen LogP contribution is 2.29. The molecular weight excluding hydrogens is 404 g/mol. The third-order valence-electron chi connectivity index (χ3n) is 5.81. The lowest BCUT2D eigenvalue weighted by atomic mass is 9.78. The van der Waals surface area contributed by atoms with Crippen LogP contribution in [0.3, 0.4) is 0 Å². The van der Waals surface area contributed by atoms with E-state index in [4.69, 9.17) is 4.74 Å². The fourth-order valence-corrected chi connectivity index (χ4v) is 3.83. The second-order valence-electron chi connectivity index (χ2n) is 7.93. The lowest BCUT2D eigenvalue weighted by Crippen LogP contribution is -2.50. The number of carbonyl (C=O) groups is 3. The summed E-state index contributed by atoms with van der Waals surface area (Å²) in [4.78, 5) is 60.4. The standard InChI is InChI=1S/C21H26N4O6/c1-12-6-5-9-16(13(12)2)22-21(30)23-17(26)11-31-18(27)10-25-20(29)15-8-4-3-7-14(15)19(28)24-25/h3-4,7-8,12-13,16H,5-6,9-11H2,1-2H3,(H,24,28)(H2,22,23,26,30)/t12-,13+,16+/m1/s1. The number of fused-ring (bicyclic) bond motifs is 1. The smallest absolute Gasteiger partial charge is 0.328 e. The quantitative estimate of drug-likeness (QED) is 0.602. The van der Waals surface area contributed by atoms with Gasteiger partial charge in [0.15, 0.2) is 6.61 Å². The molecule has 0 saturated heterocycles. The van der Waals surface area contributed by atoms with Gasteiger partial charge in [-0.2, -0.15) is 0 Å². The number of imide groups is 1. The molecule has 1 heterocycles. The Morgan fingerprint density at radius 3 is 2.58 bits per heavy atom. The summed E-state index contributed by atoms with van der Waals surface area (Å²) in [7, 11) is 0. The van der Waals surface area contributed by atoms with E-state index in [-0.39, 0.29) is 16.8 Å². The van der Waals surface area contributed by atoms with Crippen molar-refractivity contribution in [2.75, 3.05) is 6.61 Å². The first kappa shape index (κ1) is 22.3. The molecule has 1 fully saturated rings. The van der Waals surface area contributed by atoms with E-state index in [0.717, 1.165) is 23.9 Å². The highest BCUT2D eigenvalue weighted by Gasteiger charge is 2.28. The molecule has 1 aromatic heterocycles. The summed E-state index contributed by atoms with van der Waals surface area (Å²) in [6, 6.07) is 5.56. The van der Waals surface area contributed by atoms with E-state index in [9.17, 15) is 24.0 Å². The van der Waals surface area contributed by atoms with E-state index >= 15 is 0 Å². The van der Waals surface area contributed by atoms with Crippen molar-refractivity contribution < 1.29 is 19.1 Å². The monoisotopic (exact) mass is 430 g/mol. The van der Waals surface area contributed by atoms with Gasteiger partial charge in [-0.3, -0.25) is 29.6 Å². The molecule has 3 atom stereocenters. The number of esters is 1. The number of hydrogen-bond acceptors (Lipinski definition) is 6. The summed E-state index contributed by atoms with van der Waals surface area (Å²) in [5, 5.41) is 7.61. The molecule has 1 aliphatic rings. The number of aromatic nitrogens is 2. The van der Waals surface area contributed by atoms with E-state index in [2.05, 4.69) is 29.6 Å². The average Bonchev–Trinajstić information content (AvgIpc) is 2.73. The Bertz CT molecular complexity index is 1100. The zero-order valence-electron chi connectivity index (χ0n) is 17.5. The number of H-pyrrole nitrogens is 1. The zero-order valence-corrected chi connectivity index (χ0v) is 17.5. The number of benzene rings is 1. The number of nitrogens with zero attached hydrogens (tertiary/aromatic N) is 1. The Morgan fingerprint density at radius 1 is 1.13 bits per heavy atom. The first-order valence-electron chi connectivity index (χ1n) is 10.2. The molecule has 10 heteroatoms. The van der Waals surface area contributed by atoms with Gasteiger partial charge in [0.25, 0.3) is 17.0 Å². The van der Waals surface area contributed by atoms with Crippen molar-refractivity contribution in [1.82, 2.24) is 20.4 Å². The predicted octanol–water partition coefficient (Wildman–Crippen LogP) is 0.884.